The van der Waals surface area contributed by atoms with Crippen LogP contribution in [0.4, 0.5) is 18.9 Å². The predicted molar refractivity (Wildman–Crippen MR) is 122 cm³/mol. The molecule has 1 aromatic carbocycles. The standard InChI is InChI=1S/C26H33F3N2O3/c1-16-5-3-6-17-14-21-22(23(32)25(16,17)2)20(24(33)34-21)15-30-9-11-31(12-10-30)19-8-4-7-18(13-19)26(27,28)29/h4,6-8,13,16,20-23,32H,3,5,9-12,14-15H2,1-2H3/t16-,20-,21-,22+,23-,25-/m1/s1. The Kier molecular flexibility index (Phi) is 5.96. The van der Waals surface area contributed by atoms with Crippen molar-refractivity contribution in [2.45, 2.75) is 51.5 Å². The Morgan fingerprint density at radius 1 is 1.21 bits per heavy atom. The van der Waals surface area contributed by atoms with E-state index in [-0.39, 0.29) is 29.3 Å². The van der Waals surface area contributed by atoms with Crippen molar-refractivity contribution in [3.8, 4) is 0 Å². The number of hydrogen-bond acceptors (Lipinski definition) is 5. The first-order valence-electron chi connectivity index (χ1n) is 12.3. The topological polar surface area (TPSA) is 53.0 Å². The Labute approximate surface area is 198 Å². The second kappa shape index (κ2) is 8.55. The third-order valence-electron chi connectivity index (χ3n) is 8.94. The molecule has 1 saturated carbocycles. The summed E-state index contributed by atoms with van der Waals surface area (Å²) in [6.45, 7) is 7.30. The van der Waals surface area contributed by atoms with E-state index in [1.807, 2.05) is 4.90 Å². The molecule has 34 heavy (non-hydrogen) atoms. The van der Waals surface area contributed by atoms with E-state index in [0.717, 1.165) is 18.9 Å². The number of piperazine rings is 1. The molecular formula is C26H33F3N2O3. The lowest BCUT2D eigenvalue weighted by Gasteiger charge is -2.52. The molecule has 2 heterocycles. The number of rotatable bonds is 3. The van der Waals surface area contributed by atoms with Crippen LogP contribution in [0.3, 0.4) is 0 Å². The van der Waals surface area contributed by atoms with Crippen LogP contribution in [0, 0.1) is 23.2 Å². The molecule has 2 aliphatic carbocycles. The van der Waals surface area contributed by atoms with Gasteiger partial charge in [0.15, 0.2) is 0 Å². The smallest absolute Gasteiger partial charge is 0.416 e. The Morgan fingerprint density at radius 2 is 1.94 bits per heavy atom. The quantitative estimate of drug-likeness (QED) is 0.524. The van der Waals surface area contributed by atoms with Gasteiger partial charge in [0.05, 0.1) is 17.6 Å². The number of hydrogen-bond donors (Lipinski definition) is 1. The number of halogens is 3. The Morgan fingerprint density at radius 3 is 2.65 bits per heavy atom. The summed E-state index contributed by atoms with van der Waals surface area (Å²) in [6.07, 6.45) is -0.296. The van der Waals surface area contributed by atoms with Crippen molar-refractivity contribution in [2.75, 3.05) is 37.6 Å². The lowest BCUT2D eigenvalue weighted by atomic mass is 9.55. The highest BCUT2D eigenvalue weighted by molar-refractivity contribution is 5.76. The number of alkyl halides is 3. The van der Waals surface area contributed by atoms with Crippen molar-refractivity contribution in [1.82, 2.24) is 4.90 Å². The number of ether oxygens (including phenoxy) is 1. The van der Waals surface area contributed by atoms with Crippen LogP contribution >= 0.6 is 0 Å². The third kappa shape index (κ3) is 3.92. The van der Waals surface area contributed by atoms with Crippen LogP contribution in [-0.4, -0.2) is 60.9 Å². The average molecular weight is 479 g/mol. The summed E-state index contributed by atoms with van der Waals surface area (Å²) in [5, 5.41) is 11.5. The van der Waals surface area contributed by atoms with Gasteiger partial charge in [-0.2, -0.15) is 13.2 Å². The van der Waals surface area contributed by atoms with Crippen molar-refractivity contribution in [2.24, 2.45) is 23.2 Å². The van der Waals surface area contributed by atoms with Gasteiger partial charge in [-0.1, -0.05) is 31.6 Å². The van der Waals surface area contributed by atoms with Crippen LogP contribution in [-0.2, 0) is 15.7 Å². The van der Waals surface area contributed by atoms with E-state index in [9.17, 15) is 23.1 Å². The molecule has 3 fully saturated rings. The van der Waals surface area contributed by atoms with Crippen LogP contribution in [0.1, 0.15) is 38.7 Å². The van der Waals surface area contributed by atoms with Crippen molar-refractivity contribution in [3.63, 3.8) is 0 Å². The number of carbonyl (C=O) groups excluding carboxylic acids is 1. The van der Waals surface area contributed by atoms with Crippen molar-refractivity contribution in [3.05, 3.63) is 41.5 Å². The normalized spacial score (nSPS) is 36.5. The summed E-state index contributed by atoms with van der Waals surface area (Å²) in [5.41, 5.74) is 0.824. The molecule has 2 saturated heterocycles. The minimum Gasteiger partial charge on any atom is -0.461 e. The molecule has 1 aromatic rings. The first-order valence-corrected chi connectivity index (χ1v) is 12.3. The fourth-order valence-electron chi connectivity index (χ4n) is 6.62. The Balaban J connectivity index is 1.26. The molecule has 0 spiro atoms. The van der Waals surface area contributed by atoms with E-state index in [2.05, 4.69) is 24.8 Å². The van der Waals surface area contributed by atoms with Crippen LogP contribution in [0.15, 0.2) is 35.9 Å². The van der Waals surface area contributed by atoms with E-state index in [4.69, 9.17) is 4.74 Å². The highest BCUT2D eigenvalue weighted by Crippen LogP contribution is 2.56. The van der Waals surface area contributed by atoms with Gasteiger partial charge in [0.2, 0.25) is 0 Å². The fraction of sp³-hybridized carbons (Fsp3) is 0.654. The van der Waals surface area contributed by atoms with Crippen LogP contribution < -0.4 is 4.90 Å². The van der Waals surface area contributed by atoms with E-state index >= 15 is 0 Å². The maximum atomic E-state index is 13.1. The van der Waals surface area contributed by atoms with Gasteiger partial charge < -0.3 is 14.7 Å². The Bertz CT molecular complexity index is 972. The summed E-state index contributed by atoms with van der Waals surface area (Å²) in [7, 11) is 0. The molecule has 0 radical (unpaired) electrons. The third-order valence-corrected chi connectivity index (χ3v) is 8.94. The van der Waals surface area contributed by atoms with Gasteiger partial charge in [-0.05, 0) is 37.0 Å². The number of esters is 1. The van der Waals surface area contributed by atoms with Gasteiger partial charge in [0.1, 0.15) is 6.10 Å². The number of aliphatic hydroxyl groups is 1. The largest absolute Gasteiger partial charge is 0.461 e. The highest BCUT2D eigenvalue weighted by atomic mass is 19.4. The van der Waals surface area contributed by atoms with E-state index in [0.29, 0.717) is 50.7 Å². The van der Waals surface area contributed by atoms with Gasteiger partial charge in [0, 0.05) is 56.2 Å². The highest BCUT2D eigenvalue weighted by Gasteiger charge is 2.59. The minimum absolute atomic E-state index is 0.225. The summed E-state index contributed by atoms with van der Waals surface area (Å²) in [6, 6.07) is 5.44. The summed E-state index contributed by atoms with van der Waals surface area (Å²) in [4.78, 5) is 17.0. The monoisotopic (exact) mass is 478 g/mol. The molecule has 0 unspecified atom stereocenters. The average Bonchev–Trinajstić information content (AvgIpc) is 3.11. The van der Waals surface area contributed by atoms with E-state index < -0.39 is 17.8 Å². The lowest BCUT2D eigenvalue weighted by molar-refractivity contribution is -0.145. The molecule has 6 atom stereocenters. The molecule has 186 valence electrons. The molecule has 0 amide bonds. The number of benzene rings is 1. The molecule has 0 bridgehead atoms. The maximum absolute atomic E-state index is 13.1. The summed E-state index contributed by atoms with van der Waals surface area (Å²) >= 11 is 0. The first kappa shape index (κ1) is 23.7. The lowest BCUT2D eigenvalue weighted by Crippen LogP contribution is -2.55. The maximum Gasteiger partial charge on any atom is 0.416 e. The van der Waals surface area contributed by atoms with Gasteiger partial charge in [-0.3, -0.25) is 9.69 Å². The molecule has 5 nitrogen and oxygen atoms in total. The number of carbonyl (C=O) groups is 1. The van der Waals surface area contributed by atoms with Crippen molar-refractivity contribution >= 4 is 11.7 Å². The minimum atomic E-state index is -4.36. The van der Waals surface area contributed by atoms with Gasteiger partial charge in [0.25, 0.3) is 0 Å². The van der Waals surface area contributed by atoms with E-state index in [1.165, 1.54) is 17.7 Å². The first-order chi connectivity index (χ1) is 16.1. The number of nitrogens with zero attached hydrogens (tertiary/aromatic N) is 2. The zero-order valence-electron chi connectivity index (χ0n) is 19.7. The zero-order valence-corrected chi connectivity index (χ0v) is 19.7. The van der Waals surface area contributed by atoms with Crippen LogP contribution in [0.5, 0.6) is 0 Å². The number of fused-ring (bicyclic) bond motifs is 2. The van der Waals surface area contributed by atoms with Gasteiger partial charge >= 0.3 is 12.1 Å². The van der Waals surface area contributed by atoms with Crippen LogP contribution in [0.25, 0.3) is 0 Å². The molecule has 2 aliphatic heterocycles. The van der Waals surface area contributed by atoms with Gasteiger partial charge in [-0.15, -0.1) is 0 Å². The van der Waals surface area contributed by atoms with E-state index in [1.54, 1.807) is 6.07 Å². The van der Waals surface area contributed by atoms with Crippen molar-refractivity contribution in [1.29, 1.82) is 0 Å². The fourth-order valence-corrected chi connectivity index (χ4v) is 6.62. The molecular weight excluding hydrogens is 445 g/mol. The zero-order chi connectivity index (χ0) is 24.3. The van der Waals surface area contributed by atoms with Crippen LogP contribution in [0.2, 0.25) is 0 Å². The molecule has 5 rings (SSSR count). The number of anilines is 1. The molecule has 1 N–H and O–H groups in total. The summed E-state index contributed by atoms with van der Waals surface area (Å²) < 4.78 is 45.0. The number of allylic oxidation sites excluding steroid dienone is 1. The summed E-state index contributed by atoms with van der Waals surface area (Å²) in [5.74, 6) is -0.495. The SMILES string of the molecule is C[C@@H]1CCC=C2C[C@H]3OC(=O)[C@H](CN4CCN(c5cccc(C(F)(F)F)c5)CC4)[C@@H]3[C@@H](O)[C@@]21C. The second-order valence-corrected chi connectivity index (χ2v) is 10.6. The van der Waals surface area contributed by atoms with Crippen molar-refractivity contribution < 1.29 is 27.8 Å². The molecule has 0 aromatic heterocycles. The molecule has 8 heteroatoms. The number of aliphatic hydroxyl groups excluding tert-OH is 1. The second-order valence-electron chi connectivity index (χ2n) is 10.6. The Hall–Kier alpha value is -2.06. The molecule has 4 aliphatic rings. The van der Waals surface area contributed by atoms with Gasteiger partial charge in [-0.25, -0.2) is 0 Å². The predicted octanol–water partition coefficient (Wildman–Crippen LogP) is 4.11.